The van der Waals surface area contributed by atoms with Gasteiger partial charge >= 0.3 is 5.97 Å². The van der Waals surface area contributed by atoms with E-state index in [4.69, 9.17) is 9.47 Å². The third kappa shape index (κ3) is 1.24. The minimum atomic E-state index is -0.328. The van der Waals surface area contributed by atoms with E-state index in [2.05, 4.69) is 13.8 Å². The molecule has 4 nitrogen and oxygen atoms in total. The Morgan fingerprint density at radius 3 is 2.95 bits per heavy atom. The van der Waals surface area contributed by atoms with Crippen LogP contribution >= 0.6 is 0 Å². The molecule has 2 aliphatic carbocycles. The number of ether oxygens (including phenoxy) is 2. The van der Waals surface area contributed by atoms with E-state index in [0.29, 0.717) is 17.6 Å². The van der Waals surface area contributed by atoms with Crippen molar-refractivity contribution in [3.8, 4) is 0 Å². The molecular formula is C15H20O4. The fraction of sp³-hybridized carbons (Fsp3) is 0.800. The molecule has 0 amide bonds. The summed E-state index contributed by atoms with van der Waals surface area (Å²) < 4.78 is 11.5. The Labute approximate surface area is 112 Å². The largest absolute Gasteiger partial charge is 0.454 e. The molecule has 5 atom stereocenters. The highest BCUT2D eigenvalue weighted by Gasteiger charge is 2.73. The van der Waals surface area contributed by atoms with E-state index in [0.717, 1.165) is 24.8 Å². The van der Waals surface area contributed by atoms with Crippen molar-refractivity contribution < 1.29 is 19.4 Å². The van der Waals surface area contributed by atoms with E-state index < -0.39 is 0 Å². The van der Waals surface area contributed by atoms with Gasteiger partial charge in [0.25, 0.3) is 0 Å². The first kappa shape index (κ1) is 11.9. The Morgan fingerprint density at radius 2 is 2.21 bits per heavy atom. The Hall–Kier alpha value is -0.870. The summed E-state index contributed by atoms with van der Waals surface area (Å²) in [7, 11) is 0. The predicted molar refractivity (Wildman–Crippen MR) is 67.3 cm³/mol. The molecule has 0 bridgehead atoms. The summed E-state index contributed by atoms with van der Waals surface area (Å²) in [5.74, 6) is 0.251. The van der Waals surface area contributed by atoms with Crippen LogP contribution in [-0.4, -0.2) is 35.5 Å². The lowest BCUT2D eigenvalue weighted by Gasteiger charge is -2.49. The van der Waals surface area contributed by atoms with Crippen molar-refractivity contribution in [2.75, 3.05) is 6.61 Å². The molecule has 0 aromatic rings. The van der Waals surface area contributed by atoms with Crippen molar-refractivity contribution in [2.45, 2.75) is 57.3 Å². The van der Waals surface area contributed by atoms with Crippen LogP contribution in [0.3, 0.4) is 0 Å². The first-order valence-electron chi connectivity index (χ1n) is 7.23. The van der Waals surface area contributed by atoms with E-state index in [-0.39, 0.29) is 29.7 Å². The van der Waals surface area contributed by atoms with Crippen LogP contribution in [0.4, 0.5) is 0 Å². The fourth-order valence-corrected chi connectivity index (χ4v) is 4.71. The van der Waals surface area contributed by atoms with Crippen LogP contribution in [0, 0.1) is 11.3 Å². The summed E-state index contributed by atoms with van der Waals surface area (Å²) >= 11 is 0. The zero-order valence-electron chi connectivity index (χ0n) is 11.4. The number of rotatable bonds is 1. The zero-order chi connectivity index (χ0) is 13.4. The second-order valence-electron chi connectivity index (χ2n) is 6.83. The second kappa shape index (κ2) is 3.41. The minimum Gasteiger partial charge on any atom is -0.454 e. The molecule has 104 valence electrons. The van der Waals surface area contributed by atoms with Crippen molar-refractivity contribution in [1.82, 2.24) is 0 Å². The van der Waals surface area contributed by atoms with Crippen molar-refractivity contribution in [3.63, 3.8) is 0 Å². The lowest BCUT2D eigenvalue weighted by molar-refractivity contribution is -0.142. The summed E-state index contributed by atoms with van der Waals surface area (Å²) in [6.45, 7) is 4.38. The van der Waals surface area contributed by atoms with Crippen LogP contribution in [-0.2, 0) is 14.3 Å². The number of fused-ring (bicyclic) bond motifs is 1. The molecule has 0 radical (unpaired) electrons. The maximum Gasteiger partial charge on any atom is 0.337 e. The monoisotopic (exact) mass is 264 g/mol. The van der Waals surface area contributed by atoms with Gasteiger partial charge in [0.15, 0.2) is 0 Å². The Morgan fingerprint density at radius 1 is 1.42 bits per heavy atom. The highest BCUT2D eigenvalue weighted by Crippen LogP contribution is 2.68. The SMILES string of the molecule is C[C@H]1CC[C@@H]2O[C@@]23C[C@H]2OC(=O)C(CO)=C2C[C@]13C. The van der Waals surface area contributed by atoms with Gasteiger partial charge in [-0.05, 0) is 30.8 Å². The van der Waals surface area contributed by atoms with E-state index >= 15 is 0 Å². The van der Waals surface area contributed by atoms with Gasteiger partial charge in [-0.1, -0.05) is 13.8 Å². The van der Waals surface area contributed by atoms with Gasteiger partial charge in [0.1, 0.15) is 11.7 Å². The highest BCUT2D eigenvalue weighted by molar-refractivity contribution is 5.92. The second-order valence-corrected chi connectivity index (χ2v) is 6.83. The summed E-state index contributed by atoms with van der Waals surface area (Å²) in [5.41, 5.74) is 1.53. The van der Waals surface area contributed by atoms with Crippen LogP contribution < -0.4 is 0 Å². The van der Waals surface area contributed by atoms with Gasteiger partial charge in [0.05, 0.1) is 18.3 Å². The number of carbonyl (C=O) groups excluding carboxylic acids is 1. The van der Waals surface area contributed by atoms with Gasteiger partial charge in [0, 0.05) is 11.8 Å². The maximum absolute atomic E-state index is 11.8. The molecule has 1 N–H and O–H groups in total. The smallest absolute Gasteiger partial charge is 0.337 e. The van der Waals surface area contributed by atoms with Gasteiger partial charge in [-0.2, -0.15) is 0 Å². The van der Waals surface area contributed by atoms with Gasteiger partial charge < -0.3 is 14.6 Å². The van der Waals surface area contributed by atoms with Crippen LogP contribution in [0.5, 0.6) is 0 Å². The van der Waals surface area contributed by atoms with Crippen LogP contribution in [0.15, 0.2) is 11.1 Å². The average molecular weight is 264 g/mol. The van der Waals surface area contributed by atoms with Crippen molar-refractivity contribution in [1.29, 1.82) is 0 Å². The van der Waals surface area contributed by atoms with Crippen molar-refractivity contribution in [2.24, 2.45) is 11.3 Å². The first-order valence-corrected chi connectivity index (χ1v) is 7.23. The summed E-state index contributed by atoms with van der Waals surface area (Å²) in [6, 6.07) is 0. The molecule has 2 saturated carbocycles. The number of epoxide rings is 1. The number of hydrogen-bond acceptors (Lipinski definition) is 4. The summed E-state index contributed by atoms with van der Waals surface area (Å²) in [5, 5.41) is 9.41. The molecule has 4 rings (SSSR count). The molecular weight excluding hydrogens is 244 g/mol. The van der Waals surface area contributed by atoms with Gasteiger partial charge in [-0.25, -0.2) is 4.79 Å². The highest BCUT2D eigenvalue weighted by atomic mass is 16.6. The third-order valence-corrected chi connectivity index (χ3v) is 6.21. The molecule has 3 fully saturated rings. The molecule has 19 heavy (non-hydrogen) atoms. The molecule has 4 heteroatoms. The average Bonchev–Trinajstić information content (AvgIpc) is 2.99. The summed E-state index contributed by atoms with van der Waals surface area (Å²) in [6.07, 6.45) is 4.12. The quantitative estimate of drug-likeness (QED) is 0.577. The molecule has 0 aromatic heterocycles. The van der Waals surface area contributed by atoms with E-state index in [1.165, 1.54) is 6.42 Å². The molecule has 1 saturated heterocycles. The normalized spacial score (nSPS) is 51.3. The third-order valence-electron chi connectivity index (χ3n) is 6.21. The van der Waals surface area contributed by atoms with Crippen LogP contribution in [0.2, 0.25) is 0 Å². The summed E-state index contributed by atoms with van der Waals surface area (Å²) in [4.78, 5) is 11.8. The lowest BCUT2D eigenvalue weighted by atomic mass is 9.54. The first-order chi connectivity index (χ1) is 9.02. The number of hydrogen-bond donors (Lipinski definition) is 1. The number of aliphatic hydroxyl groups excluding tert-OH is 1. The standard InChI is InChI=1S/C15H20O4/c1-8-3-4-12-15(19-12)6-11-9(5-14(8,15)2)10(7-16)13(17)18-11/h8,11-12,16H,3-7H2,1-2H3/t8-,11+,12-,14+,15-/m0/s1. The minimum absolute atomic E-state index is 0.0793. The fourth-order valence-electron chi connectivity index (χ4n) is 4.71. The maximum atomic E-state index is 11.8. The number of esters is 1. The Kier molecular flexibility index (Phi) is 2.14. The van der Waals surface area contributed by atoms with Gasteiger partial charge in [-0.15, -0.1) is 0 Å². The number of carbonyl (C=O) groups is 1. The molecule has 2 heterocycles. The topological polar surface area (TPSA) is 59.1 Å². The van der Waals surface area contributed by atoms with Crippen molar-refractivity contribution in [3.05, 3.63) is 11.1 Å². The molecule has 2 aliphatic heterocycles. The zero-order valence-corrected chi connectivity index (χ0v) is 11.4. The molecule has 0 aromatic carbocycles. The van der Waals surface area contributed by atoms with E-state index in [1.54, 1.807) is 0 Å². The Bertz CT molecular complexity index is 496. The lowest BCUT2D eigenvalue weighted by Crippen LogP contribution is -2.51. The van der Waals surface area contributed by atoms with E-state index in [1.807, 2.05) is 0 Å². The molecule has 4 aliphatic rings. The number of aliphatic hydroxyl groups is 1. The van der Waals surface area contributed by atoms with Gasteiger partial charge in [0.2, 0.25) is 0 Å². The molecule has 0 unspecified atom stereocenters. The van der Waals surface area contributed by atoms with E-state index in [9.17, 15) is 9.90 Å². The van der Waals surface area contributed by atoms with Crippen LogP contribution in [0.1, 0.15) is 39.5 Å². The molecule has 1 spiro atoms. The predicted octanol–water partition coefficient (Wildman–Crippen LogP) is 1.57. The van der Waals surface area contributed by atoms with Crippen molar-refractivity contribution >= 4 is 5.97 Å². The van der Waals surface area contributed by atoms with Gasteiger partial charge in [-0.3, -0.25) is 0 Å². The van der Waals surface area contributed by atoms with Crippen LogP contribution in [0.25, 0.3) is 0 Å². The Balaban J connectivity index is 1.78.